The average Bonchev–Trinajstić information content (AvgIpc) is 2.85. The monoisotopic (exact) mass is 317 g/mol. The Balaban J connectivity index is 1.98. The third-order valence-electron chi connectivity index (χ3n) is 3.41. The maximum Gasteiger partial charge on any atom is 0.228 e. The standard InChI is InChI=1S/C16H12ClNO2S/c1-21-11-4-2-9(3-5-11)16(20)12-6-10-7-15(19)18-14(10)8-13(12)17/h2-6,8H,7H2,1H3,(H,18,19). The molecule has 0 saturated carbocycles. The maximum absolute atomic E-state index is 12.6. The molecule has 0 bridgehead atoms. The Morgan fingerprint density at radius 1 is 1.24 bits per heavy atom. The summed E-state index contributed by atoms with van der Waals surface area (Å²) in [6, 6.07) is 10.8. The Bertz CT molecular complexity index is 741. The zero-order valence-corrected chi connectivity index (χ0v) is 12.8. The third kappa shape index (κ3) is 2.69. The molecule has 5 heteroatoms. The molecule has 0 atom stereocenters. The molecule has 1 amide bonds. The van der Waals surface area contributed by atoms with Gasteiger partial charge in [-0.2, -0.15) is 0 Å². The van der Waals surface area contributed by atoms with Crippen molar-refractivity contribution in [2.45, 2.75) is 11.3 Å². The van der Waals surface area contributed by atoms with Gasteiger partial charge in [0.05, 0.1) is 11.4 Å². The summed E-state index contributed by atoms with van der Waals surface area (Å²) >= 11 is 7.80. The number of rotatable bonds is 3. The van der Waals surface area contributed by atoms with E-state index in [1.165, 1.54) is 0 Å². The second-order valence-electron chi connectivity index (χ2n) is 4.77. The Labute approximate surface area is 131 Å². The number of carbonyl (C=O) groups is 2. The van der Waals surface area contributed by atoms with Crippen molar-refractivity contribution in [3.63, 3.8) is 0 Å². The van der Waals surface area contributed by atoms with E-state index < -0.39 is 0 Å². The fraction of sp³-hybridized carbons (Fsp3) is 0.125. The molecule has 0 saturated heterocycles. The fourth-order valence-corrected chi connectivity index (χ4v) is 2.98. The number of fused-ring (bicyclic) bond motifs is 1. The minimum atomic E-state index is -0.130. The molecule has 3 nitrogen and oxygen atoms in total. The van der Waals surface area contributed by atoms with Crippen molar-refractivity contribution in [3.05, 3.63) is 58.1 Å². The van der Waals surface area contributed by atoms with Gasteiger partial charge in [-0.1, -0.05) is 11.6 Å². The normalized spacial score (nSPS) is 13.0. The van der Waals surface area contributed by atoms with Gasteiger partial charge in [0.1, 0.15) is 0 Å². The lowest BCUT2D eigenvalue weighted by molar-refractivity contribution is -0.115. The fourth-order valence-electron chi connectivity index (χ4n) is 2.32. The largest absolute Gasteiger partial charge is 0.325 e. The summed E-state index contributed by atoms with van der Waals surface area (Å²) in [4.78, 5) is 25.0. The highest BCUT2D eigenvalue weighted by Gasteiger charge is 2.22. The second-order valence-corrected chi connectivity index (χ2v) is 6.06. The van der Waals surface area contributed by atoms with Crippen molar-refractivity contribution < 1.29 is 9.59 Å². The van der Waals surface area contributed by atoms with Crippen LogP contribution in [0.2, 0.25) is 5.02 Å². The molecule has 0 spiro atoms. The van der Waals surface area contributed by atoms with Gasteiger partial charge in [-0.15, -0.1) is 11.8 Å². The molecule has 0 unspecified atom stereocenters. The van der Waals surface area contributed by atoms with Crippen molar-refractivity contribution in [2.24, 2.45) is 0 Å². The Morgan fingerprint density at radius 2 is 1.95 bits per heavy atom. The van der Waals surface area contributed by atoms with Gasteiger partial charge in [0.2, 0.25) is 5.91 Å². The molecule has 21 heavy (non-hydrogen) atoms. The maximum atomic E-state index is 12.6. The number of anilines is 1. The predicted molar refractivity (Wildman–Crippen MR) is 85.4 cm³/mol. The van der Waals surface area contributed by atoms with E-state index in [0.717, 1.165) is 10.5 Å². The van der Waals surface area contributed by atoms with Gasteiger partial charge in [0, 0.05) is 21.7 Å². The molecule has 0 aliphatic carbocycles. The lowest BCUT2D eigenvalue weighted by Crippen LogP contribution is -2.03. The highest BCUT2D eigenvalue weighted by molar-refractivity contribution is 7.98. The van der Waals surface area contributed by atoms with Crippen molar-refractivity contribution in [2.75, 3.05) is 11.6 Å². The average molecular weight is 318 g/mol. The van der Waals surface area contributed by atoms with Crippen LogP contribution in [0.4, 0.5) is 5.69 Å². The minimum absolute atomic E-state index is 0.0741. The summed E-state index contributed by atoms with van der Waals surface area (Å²) in [6.45, 7) is 0. The Hall–Kier alpha value is -1.78. The van der Waals surface area contributed by atoms with Crippen LogP contribution in [0.5, 0.6) is 0 Å². The second kappa shape index (κ2) is 5.54. The molecule has 2 aromatic carbocycles. The van der Waals surface area contributed by atoms with Gasteiger partial charge in [0.15, 0.2) is 5.78 Å². The molecular formula is C16H12ClNO2S. The van der Waals surface area contributed by atoms with Crippen LogP contribution in [-0.2, 0) is 11.2 Å². The minimum Gasteiger partial charge on any atom is -0.325 e. The van der Waals surface area contributed by atoms with E-state index in [-0.39, 0.29) is 18.1 Å². The summed E-state index contributed by atoms with van der Waals surface area (Å²) in [5.74, 6) is -0.204. The number of hydrogen-bond donors (Lipinski definition) is 1. The van der Waals surface area contributed by atoms with Crippen LogP contribution in [0.15, 0.2) is 41.3 Å². The smallest absolute Gasteiger partial charge is 0.228 e. The number of ketones is 1. The van der Waals surface area contributed by atoms with Crippen molar-refractivity contribution in [1.29, 1.82) is 0 Å². The molecule has 0 fully saturated rings. The number of benzene rings is 2. The molecule has 1 aliphatic rings. The molecule has 106 valence electrons. The van der Waals surface area contributed by atoms with Crippen LogP contribution in [0.3, 0.4) is 0 Å². The molecular weight excluding hydrogens is 306 g/mol. The lowest BCUT2D eigenvalue weighted by Gasteiger charge is -2.07. The van der Waals surface area contributed by atoms with Gasteiger partial charge in [-0.05, 0) is 48.2 Å². The van der Waals surface area contributed by atoms with Crippen LogP contribution in [0.25, 0.3) is 0 Å². The van der Waals surface area contributed by atoms with Crippen LogP contribution >= 0.6 is 23.4 Å². The summed E-state index contributed by atoms with van der Waals surface area (Å²) in [6.07, 6.45) is 2.27. The number of halogens is 1. The van der Waals surface area contributed by atoms with Crippen molar-refractivity contribution >= 4 is 40.7 Å². The molecule has 0 aromatic heterocycles. The first-order valence-electron chi connectivity index (χ1n) is 6.39. The SMILES string of the molecule is CSc1ccc(C(=O)c2cc3c(cc2Cl)NC(=O)C3)cc1. The van der Waals surface area contributed by atoms with E-state index in [1.54, 1.807) is 36.0 Å². The van der Waals surface area contributed by atoms with Crippen molar-refractivity contribution in [3.8, 4) is 0 Å². The zero-order valence-electron chi connectivity index (χ0n) is 11.3. The Morgan fingerprint density at radius 3 is 2.62 bits per heavy atom. The highest BCUT2D eigenvalue weighted by Crippen LogP contribution is 2.31. The van der Waals surface area contributed by atoms with E-state index >= 15 is 0 Å². The Kier molecular flexibility index (Phi) is 3.74. The van der Waals surface area contributed by atoms with Crippen molar-refractivity contribution in [1.82, 2.24) is 0 Å². The molecule has 2 aromatic rings. The van der Waals surface area contributed by atoms with Gasteiger partial charge in [-0.25, -0.2) is 0 Å². The summed E-state index contributed by atoms with van der Waals surface area (Å²) in [5.41, 5.74) is 2.53. The van der Waals surface area contributed by atoms with E-state index in [1.807, 2.05) is 18.4 Å². The third-order valence-corrected chi connectivity index (χ3v) is 4.47. The summed E-state index contributed by atoms with van der Waals surface area (Å²) in [7, 11) is 0. The van der Waals surface area contributed by atoms with E-state index in [0.29, 0.717) is 21.8 Å². The van der Waals surface area contributed by atoms with Crippen LogP contribution < -0.4 is 5.32 Å². The first-order chi connectivity index (χ1) is 10.1. The lowest BCUT2D eigenvalue weighted by atomic mass is 10.00. The van der Waals surface area contributed by atoms with Crippen LogP contribution in [-0.4, -0.2) is 17.9 Å². The van der Waals surface area contributed by atoms with E-state index in [4.69, 9.17) is 11.6 Å². The summed E-state index contributed by atoms with van der Waals surface area (Å²) in [5, 5.41) is 3.08. The predicted octanol–water partition coefficient (Wildman–Crippen LogP) is 3.79. The number of hydrogen-bond acceptors (Lipinski definition) is 3. The number of carbonyl (C=O) groups excluding carboxylic acids is 2. The number of thioether (sulfide) groups is 1. The van der Waals surface area contributed by atoms with Gasteiger partial charge in [0.25, 0.3) is 0 Å². The van der Waals surface area contributed by atoms with Gasteiger partial charge >= 0.3 is 0 Å². The molecule has 0 radical (unpaired) electrons. The van der Waals surface area contributed by atoms with E-state index in [2.05, 4.69) is 5.32 Å². The number of amides is 1. The molecule has 1 N–H and O–H groups in total. The first-order valence-corrected chi connectivity index (χ1v) is 8.00. The van der Waals surface area contributed by atoms with E-state index in [9.17, 15) is 9.59 Å². The number of nitrogens with one attached hydrogen (secondary N) is 1. The molecule has 1 heterocycles. The molecule has 3 rings (SSSR count). The highest BCUT2D eigenvalue weighted by atomic mass is 35.5. The van der Waals surface area contributed by atoms with Crippen LogP contribution in [0.1, 0.15) is 21.5 Å². The van der Waals surface area contributed by atoms with Gasteiger partial charge < -0.3 is 5.32 Å². The van der Waals surface area contributed by atoms with Gasteiger partial charge in [-0.3, -0.25) is 9.59 Å². The quantitative estimate of drug-likeness (QED) is 0.692. The topological polar surface area (TPSA) is 46.2 Å². The first kappa shape index (κ1) is 14.2. The summed E-state index contributed by atoms with van der Waals surface area (Å²) < 4.78 is 0. The molecule has 1 aliphatic heterocycles. The van der Waals surface area contributed by atoms with Crippen LogP contribution in [0, 0.1) is 0 Å². The zero-order chi connectivity index (χ0) is 15.0.